The van der Waals surface area contributed by atoms with Gasteiger partial charge in [0, 0.05) is 30.9 Å². The van der Waals surface area contributed by atoms with E-state index in [0.717, 1.165) is 27.7 Å². The van der Waals surface area contributed by atoms with E-state index in [1.54, 1.807) is 11.8 Å². The van der Waals surface area contributed by atoms with Gasteiger partial charge >= 0.3 is 0 Å². The third-order valence-corrected chi connectivity index (χ3v) is 4.18. The summed E-state index contributed by atoms with van der Waals surface area (Å²) in [5, 5.41) is 0.790. The Morgan fingerprint density at radius 1 is 0.783 bits per heavy atom. The van der Waals surface area contributed by atoms with Crippen LogP contribution in [0.2, 0.25) is 0 Å². The van der Waals surface area contributed by atoms with E-state index in [4.69, 9.17) is 0 Å². The highest BCUT2D eigenvalue weighted by molar-refractivity contribution is 7.98. The van der Waals surface area contributed by atoms with Gasteiger partial charge < -0.3 is 4.90 Å². The zero-order chi connectivity index (χ0) is 16.2. The van der Waals surface area contributed by atoms with Crippen molar-refractivity contribution in [2.45, 2.75) is 5.16 Å². The van der Waals surface area contributed by atoms with Gasteiger partial charge in [0.2, 0.25) is 0 Å². The fourth-order valence-corrected chi connectivity index (χ4v) is 2.73. The number of thioether (sulfide) groups is 1. The average molecular weight is 321 g/mol. The van der Waals surface area contributed by atoms with E-state index in [2.05, 4.69) is 57.3 Å². The molecule has 0 amide bonds. The van der Waals surface area contributed by atoms with Gasteiger partial charge in [-0.2, -0.15) is 0 Å². The van der Waals surface area contributed by atoms with Crippen LogP contribution in [-0.2, 0) is 0 Å². The first-order valence-corrected chi connectivity index (χ1v) is 8.66. The van der Waals surface area contributed by atoms with Gasteiger partial charge in [-0.1, -0.05) is 54.2 Å². The molecule has 4 heteroatoms. The minimum atomic E-state index is 0.790. The van der Waals surface area contributed by atoms with Crippen molar-refractivity contribution in [3.63, 3.8) is 0 Å². The lowest BCUT2D eigenvalue weighted by Gasteiger charge is -2.13. The molecule has 3 aromatic rings. The average Bonchev–Trinajstić information content (AvgIpc) is 2.62. The Bertz CT molecular complexity index is 783. The van der Waals surface area contributed by atoms with Crippen LogP contribution in [0.4, 0.5) is 5.69 Å². The van der Waals surface area contributed by atoms with Crippen molar-refractivity contribution in [3.05, 3.63) is 60.7 Å². The predicted molar refractivity (Wildman–Crippen MR) is 99.0 cm³/mol. The van der Waals surface area contributed by atoms with Crippen molar-refractivity contribution in [1.82, 2.24) is 9.97 Å². The van der Waals surface area contributed by atoms with E-state index in [1.807, 2.05) is 38.6 Å². The summed E-state index contributed by atoms with van der Waals surface area (Å²) in [6.45, 7) is 0. The predicted octanol–water partition coefficient (Wildman–Crippen LogP) is 4.60. The molecule has 0 atom stereocenters. The lowest BCUT2D eigenvalue weighted by molar-refractivity contribution is 0.982. The number of anilines is 1. The molecule has 0 aliphatic carbocycles. The highest BCUT2D eigenvalue weighted by Gasteiger charge is 2.08. The molecule has 0 aliphatic heterocycles. The quantitative estimate of drug-likeness (QED) is 0.519. The Morgan fingerprint density at radius 3 is 1.87 bits per heavy atom. The van der Waals surface area contributed by atoms with Gasteiger partial charge in [-0.3, -0.25) is 0 Å². The number of aromatic nitrogens is 2. The SMILES string of the molecule is CSc1nc(-c2ccccc2)cc(-c2ccc(N(C)C)cc2)n1. The highest BCUT2D eigenvalue weighted by atomic mass is 32.2. The topological polar surface area (TPSA) is 29.0 Å². The van der Waals surface area contributed by atoms with Crippen molar-refractivity contribution < 1.29 is 0 Å². The number of hydrogen-bond acceptors (Lipinski definition) is 4. The molecule has 0 fully saturated rings. The van der Waals surface area contributed by atoms with Crippen molar-refractivity contribution in [2.75, 3.05) is 25.3 Å². The summed E-state index contributed by atoms with van der Waals surface area (Å²) in [5.74, 6) is 0. The maximum absolute atomic E-state index is 4.66. The van der Waals surface area contributed by atoms with Crippen LogP contribution in [0, 0.1) is 0 Å². The van der Waals surface area contributed by atoms with E-state index in [0.29, 0.717) is 0 Å². The minimum absolute atomic E-state index is 0.790. The van der Waals surface area contributed by atoms with Crippen LogP contribution < -0.4 is 4.90 Å². The summed E-state index contributed by atoms with van der Waals surface area (Å²) >= 11 is 1.56. The molecule has 0 N–H and O–H groups in total. The Hall–Kier alpha value is -2.33. The van der Waals surface area contributed by atoms with Crippen molar-refractivity contribution in [1.29, 1.82) is 0 Å². The van der Waals surface area contributed by atoms with Crippen LogP contribution in [0.3, 0.4) is 0 Å². The molecule has 0 spiro atoms. The minimum Gasteiger partial charge on any atom is -0.378 e. The normalized spacial score (nSPS) is 10.6. The van der Waals surface area contributed by atoms with E-state index in [1.165, 1.54) is 5.69 Å². The molecule has 0 saturated heterocycles. The molecule has 1 heterocycles. The molecule has 2 aromatic carbocycles. The van der Waals surface area contributed by atoms with Gasteiger partial charge in [0.05, 0.1) is 11.4 Å². The van der Waals surface area contributed by atoms with Crippen LogP contribution in [0.15, 0.2) is 65.8 Å². The molecule has 1 aromatic heterocycles. The second kappa shape index (κ2) is 6.84. The standard InChI is InChI=1S/C19H19N3S/c1-22(2)16-11-9-15(10-12-16)18-13-17(20-19(21-18)23-3)14-7-5-4-6-8-14/h4-13H,1-3H3. The lowest BCUT2D eigenvalue weighted by atomic mass is 10.1. The van der Waals surface area contributed by atoms with Crippen LogP contribution >= 0.6 is 11.8 Å². The molecule has 0 saturated carbocycles. The Kier molecular flexibility index (Phi) is 4.63. The first kappa shape index (κ1) is 15.6. The number of hydrogen-bond donors (Lipinski definition) is 0. The fourth-order valence-electron chi connectivity index (χ4n) is 2.35. The van der Waals surface area contributed by atoms with Crippen molar-refractivity contribution in [3.8, 4) is 22.5 Å². The first-order valence-electron chi connectivity index (χ1n) is 7.43. The van der Waals surface area contributed by atoms with E-state index in [-0.39, 0.29) is 0 Å². The van der Waals surface area contributed by atoms with Crippen LogP contribution in [0.25, 0.3) is 22.5 Å². The maximum atomic E-state index is 4.66. The summed E-state index contributed by atoms with van der Waals surface area (Å²) < 4.78 is 0. The Labute approximate surface area is 141 Å². The fraction of sp³-hybridized carbons (Fsp3) is 0.158. The lowest BCUT2D eigenvalue weighted by Crippen LogP contribution is -2.08. The number of benzene rings is 2. The monoisotopic (exact) mass is 321 g/mol. The second-order valence-corrected chi connectivity index (χ2v) is 6.21. The van der Waals surface area contributed by atoms with Gasteiger partial charge in [0.1, 0.15) is 0 Å². The van der Waals surface area contributed by atoms with E-state index < -0.39 is 0 Å². The summed E-state index contributed by atoms with van der Waals surface area (Å²) in [6.07, 6.45) is 2.00. The third kappa shape index (κ3) is 3.54. The molecule has 0 aliphatic rings. The summed E-state index contributed by atoms with van der Waals surface area (Å²) in [4.78, 5) is 11.4. The summed E-state index contributed by atoms with van der Waals surface area (Å²) in [7, 11) is 4.08. The van der Waals surface area contributed by atoms with Crippen molar-refractivity contribution in [2.24, 2.45) is 0 Å². The maximum Gasteiger partial charge on any atom is 0.188 e. The van der Waals surface area contributed by atoms with Crippen molar-refractivity contribution >= 4 is 17.4 Å². The molecule has 0 radical (unpaired) electrons. The van der Waals surface area contributed by atoms with E-state index in [9.17, 15) is 0 Å². The molecule has 23 heavy (non-hydrogen) atoms. The molecule has 0 bridgehead atoms. The molecule has 3 rings (SSSR count). The highest BCUT2D eigenvalue weighted by Crippen LogP contribution is 2.27. The molecule has 3 nitrogen and oxygen atoms in total. The smallest absolute Gasteiger partial charge is 0.188 e. The molecule has 0 unspecified atom stereocenters. The van der Waals surface area contributed by atoms with Gasteiger partial charge in [-0.05, 0) is 24.5 Å². The largest absolute Gasteiger partial charge is 0.378 e. The van der Waals surface area contributed by atoms with Gasteiger partial charge in [0.15, 0.2) is 5.16 Å². The summed E-state index contributed by atoms with van der Waals surface area (Å²) in [5.41, 5.74) is 5.29. The van der Waals surface area contributed by atoms with Gasteiger partial charge in [-0.15, -0.1) is 0 Å². The third-order valence-electron chi connectivity index (χ3n) is 3.64. The van der Waals surface area contributed by atoms with E-state index >= 15 is 0 Å². The first-order chi connectivity index (χ1) is 11.2. The zero-order valence-corrected chi connectivity index (χ0v) is 14.3. The molecular weight excluding hydrogens is 302 g/mol. The Balaban J connectivity index is 2.05. The summed E-state index contributed by atoms with van der Waals surface area (Å²) in [6, 6.07) is 20.7. The second-order valence-electron chi connectivity index (χ2n) is 5.43. The van der Waals surface area contributed by atoms with Crippen LogP contribution in [0.1, 0.15) is 0 Å². The van der Waals surface area contributed by atoms with Crippen LogP contribution in [0.5, 0.6) is 0 Å². The molecule has 116 valence electrons. The van der Waals surface area contributed by atoms with Crippen LogP contribution in [-0.4, -0.2) is 30.3 Å². The number of rotatable bonds is 4. The van der Waals surface area contributed by atoms with Gasteiger partial charge in [0.25, 0.3) is 0 Å². The van der Waals surface area contributed by atoms with Gasteiger partial charge in [-0.25, -0.2) is 9.97 Å². The molecular formula is C19H19N3S. The number of nitrogens with zero attached hydrogens (tertiary/aromatic N) is 3. The zero-order valence-electron chi connectivity index (χ0n) is 13.5. The Morgan fingerprint density at radius 2 is 1.35 bits per heavy atom.